The van der Waals surface area contributed by atoms with Gasteiger partial charge in [0.05, 0.1) is 11.3 Å². The van der Waals surface area contributed by atoms with Gasteiger partial charge in [0, 0.05) is 24.0 Å². The molecule has 0 radical (unpaired) electrons. The van der Waals surface area contributed by atoms with E-state index in [1.54, 1.807) is 4.57 Å². The first-order valence-electron chi connectivity index (χ1n) is 9.62. The topological polar surface area (TPSA) is 71.0 Å². The van der Waals surface area contributed by atoms with Crippen LogP contribution in [0.1, 0.15) is 37.6 Å². The van der Waals surface area contributed by atoms with Gasteiger partial charge in [-0.3, -0.25) is 14.2 Å². The largest absolute Gasteiger partial charge is 0.353 e. The summed E-state index contributed by atoms with van der Waals surface area (Å²) in [4.78, 5) is 35.5. The lowest BCUT2D eigenvalue weighted by molar-refractivity contribution is -0.116. The zero-order valence-corrected chi connectivity index (χ0v) is 17.2. The van der Waals surface area contributed by atoms with E-state index in [1.807, 2.05) is 49.9 Å². The van der Waals surface area contributed by atoms with Gasteiger partial charge in [0.1, 0.15) is 5.52 Å². The second kappa shape index (κ2) is 7.47. The predicted molar refractivity (Wildman–Crippen MR) is 113 cm³/mol. The van der Waals surface area contributed by atoms with Crippen molar-refractivity contribution in [1.29, 1.82) is 0 Å². The SMILES string of the molecule is CCC(C)n1c(SCC(=O)N2CCc3ccccc32)nc2cc(C)[nH]c2c1=O. The second-order valence-electron chi connectivity index (χ2n) is 7.25. The molecule has 0 saturated heterocycles. The molecule has 0 spiro atoms. The third-order valence-electron chi connectivity index (χ3n) is 5.33. The van der Waals surface area contributed by atoms with Crippen LogP contribution in [0, 0.1) is 6.92 Å². The fourth-order valence-electron chi connectivity index (χ4n) is 3.66. The molecule has 1 unspecified atom stereocenters. The van der Waals surface area contributed by atoms with E-state index in [-0.39, 0.29) is 23.3 Å². The number of aromatic amines is 1. The summed E-state index contributed by atoms with van der Waals surface area (Å²) >= 11 is 1.35. The minimum atomic E-state index is -0.0751. The van der Waals surface area contributed by atoms with Crippen LogP contribution in [0.5, 0.6) is 0 Å². The summed E-state index contributed by atoms with van der Waals surface area (Å²) in [6.07, 6.45) is 1.70. The number of H-pyrrole nitrogens is 1. The Morgan fingerprint density at radius 3 is 2.93 bits per heavy atom. The van der Waals surface area contributed by atoms with Gasteiger partial charge in [-0.25, -0.2) is 4.98 Å². The average Bonchev–Trinajstić information content (AvgIpc) is 3.28. The highest BCUT2D eigenvalue weighted by Crippen LogP contribution is 2.29. The lowest BCUT2D eigenvalue weighted by Gasteiger charge is -2.19. The van der Waals surface area contributed by atoms with Crippen molar-refractivity contribution in [3.63, 3.8) is 0 Å². The van der Waals surface area contributed by atoms with Crippen molar-refractivity contribution < 1.29 is 4.79 Å². The maximum Gasteiger partial charge on any atom is 0.278 e. The number of carbonyl (C=O) groups excluding carboxylic acids is 1. The van der Waals surface area contributed by atoms with Crippen LogP contribution in [0.15, 0.2) is 40.3 Å². The third-order valence-corrected chi connectivity index (χ3v) is 6.27. The van der Waals surface area contributed by atoms with Crippen molar-refractivity contribution in [3.05, 3.63) is 51.9 Å². The van der Waals surface area contributed by atoms with Gasteiger partial charge in [0.2, 0.25) is 5.91 Å². The number of thioether (sulfide) groups is 1. The van der Waals surface area contributed by atoms with Crippen molar-refractivity contribution in [2.75, 3.05) is 17.2 Å². The highest BCUT2D eigenvalue weighted by molar-refractivity contribution is 7.99. The molecule has 2 aromatic heterocycles. The van der Waals surface area contributed by atoms with Gasteiger partial charge in [-0.05, 0) is 44.4 Å². The normalized spacial score (nSPS) is 14.5. The Bertz CT molecular complexity index is 1100. The van der Waals surface area contributed by atoms with Crippen LogP contribution in [0.4, 0.5) is 5.69 Å². The number of nitrogens with zero attached hydrogens (tertiary/aromatic N) is 3. The molecule has 1 aliphatic rings. The molecule has 7 heteroatoms. The fraction of sp³-hybridized carbons (Fsp3) is 0.381. The maximum atomic E-state index is 13.0. The quantitative estimate of drug-likeness (QED) is 0.527. The molecule has 1 amide bonds. The van der Waals surface area contributed by atoms with Crippen molar-refractivity contribution >= 4 is 34.4 Å². The summed E-state index contributed by atoms with van der Waals surface area (Å²) in [6.45, 7) is 6.67. The van der Waals surface area contributed by atoms with Crippen LogP contribution < -0.4 is 10.5 Å². The number of para-hydroxylation sites is 1. The number of fused-ring (bicyclic) bond motifs is 2. The Morgan fingerprint density at radius 2 is 2.14 bits per heavy atom. The van der Waals surface area contributed by atoms with Crippen LogP contribution in [0.2, 0.25) is 0 Å². The number of hydrogen-bond acceptors (Lipinski definition) is 4. The first-order chi connectivity index (χ1) is 13.5. The standard InChI is InChI=1S/C21H24N4O2S/c1-4-14(3)25-20(27)19-16(11-13(2)22-19)23-21(25)28-12-18(26)24-10-9-15-7-5-6-8-17(15)24/h5-8,11,14,22H,4,9-10,12H2,1-3H3. The first kappa shape index (κ1) is 18.8. The molecule has 3 heterocycles. The van der Waals surface area contributed by atoms with E-state index in [1.165, 1.54) is 17.3 Å². The molecule has 0 saturated carbocycles. The van der Waals surface area contributed by atoms with Gasteiger partial charge in [0.25, 0.3) is 5.56 Å². The number of aromatic nitrogens is 3. The number of benzene rings is 1. The minimum absolute atomic E-state index is 0.0121. The summed E-state index contributed by atoms with van der Waals surface area (Å²) in [6, 6.07) is 9.91. The number of rotatable bonds is 5. The highest BCUT2D eigenvalue weighted by atomic mass is 32.2. The molecule has 1 N–H and O–H groups in total. The molecule has 1 aliphatic heterocycles. The molecule has 146 valence electrons. The number of nitrogens with one attached hydrogen (secondary N) is 1. The average molecular weight is 397 g/mol. The molecule has 0 aliphatic carbocycles. The zero-order chi connectivity index (χ0) is 19.8. The van der Waals surface area contributed by atoms with Crippen LogP contribution in [-0.2, 0) is 11.2 Å². The van der Waals surface area contributed by atoms with E-state index >= 15 is 0 Å². The number of anilines is 1. The highest BCUT2D eigenvalue weighted by Gasteiger charge is 2.25. The molecule has 1 aromatic carbocycles. The summed E-state index contributed by atoms with van der Waals surface area (Å²) in [5.74, 6) is 0.303. The summed E-state index contributed by atoms with van der Waals surface area (Å²) in [7, 11) is 0. The number of hydrogen-bond donors (Lipinski definition) is 1. The van der Waals surface area contributed by atoms with Crippen molar-refractivity contribution in [1.82, 2.24) is 14.5 Å². The van der Waals surface area contributed by atoms with E-state index in [0.717, 1.165) is 24.2 Å². The summed E-state index contributed by atoms with van der Waals surface area (Å²) in [5, 5.41) is 0.603. The summed E-state index contributed by atoms with van der Waals surface area (Å²) in [5.41, 5.74) is 4.22. The Morgan fingerprint density at radius 1 is 1.36 bits per heavy atom. The van der Waals surface area contributed by atoms with E-state index in [2.05, 4.69) is 11.1 Å². The van der Waals surface area contributed by atoms with Crippen LogP contribution >= 0.6 is 11.8 Å². The van der Waals surface area contributed by atoms with E-state index in [0.29, 0.717) is 22.7 Å². The Balaban J connectivity index is 1.62. The lowest BCUT2D eigenvalue weighted by Crippen LogP contribution is -2.31. The smallest absolute Gasteiger partial charge is 0.278 e. The zero-order valence-electron chi connectivity index (χ0n) is 16.4. The molecule has 0 fully saturated rings. The van der Waals surface area contributed by atoms with E-state index in [4.69, 9.17) is 4.98 Å². The van der Waals surface area contributed by atoms with Gasteiger partial charge in [-0.15, -0.1) is 0 Å². The molecular weight excluding hydrogens is 372 g/mol. The Hall–Kier alpha value is -2.54. The molecule has 4 rings (SSSR count). The van der Waals surface area contributed by atoms with Crippen LogP contribution in [0.3, 0.4) is 0 Å². The Kier molecular flexibility index (Phi) is 5.02. The van der Waals surface area contributed by atoms with Gasteiger partial charge in [-0.2, -0.15) is 0 Å². The fourth-order valence-corrected chi connectivity index (χ4v) is 4.64. The number of aryl methyl sites for hydroxylation is 1. The molecular formula is C21H24N4O2S. The Labute approximate surface area is 168 Å². The van der Waals surface area contributed by atoms with E-state index < -0.39 is 0 Å². The summed E-state index contributed by atoms with van der Waals surface area (Å²) < 4.78 is 1.72. The third kappa shape index (κ3) is 3.24. The second-order valence-corrected chi connectivity index (χ2v) is 8.19. The van der Waals surface area contributed by atoms with Gasteiger partial charge < -0.3 is 9.88 Å². The molecule has 3 aromatic rings. The minimum Gasteiger partial charge on any atom is -0.353 e. The van der Waals surface area contributed by atoms with Crippen molar-refractivity contribution in [3.8, 4) is 0 Å². The van der Waals surface area contributed by atoms with Crippen molar-refractivity contribution in [2.45, 2.75) is 44.8 Å². The van der Waals surface area contributed by atoms with Gasteiger partial charge >= 0.3 is 0 Å². The molecule has 6 nitrogen and oxygen atoms in total. The number of carbonyl (C=O) groups is 1. The molecule has 0 bridgehead atoms. The first-order valence-corrected chi connectivity index (χ1v) is 10.6. The van der Waals surface area contributed by atoms with E-state index in [9.17, 15) is 9.59 Å². The van der Waals surface area contributed by atoms with Crippen molar-refractivity contribution in [2.24, 2.45) is 0 Å². The number of amides is 1. The molecule has 28 heavy (non-hydrogen) atoms. The predicted octanol–water partition coefficient (Wildman–Crippen LogP) is 3.69. The molecule has 1 atom stereocenters. The van der Waals surface area contributed by atoms with Crippen LogP contribution in [-0.4, -0.2) is 32.7 Å². The lowest BCUT2D eigenvalue weighted by atomic mass is 10.2. The van der Waals surface area contributed by atoms with Gasteiger partial charge in [0.15, 0.2) is 5.16 Å². The maximum absolute atomic E-state index is 13.0. The van der Waals surface area contributed by atoms with Crippen LogP contribution in [0.25, 0.3) is 11.0 Å². The monoisotopic (exact) mass is 396 g/mol. The van der Waals surface area contributed by atoms with Gasteiger partial charge in [-0.1, -0.05) is 36.9 Å².